The Balaban J connectivity index is 2.62. The summed E-state index contributed by atoms with van der Waals surface area (Å²) in [5.74, 6) is -0.544. The number of furan rings is 1. The number of allylic oxidation sites excluding steroid dienone is 4. The fraction of sp³-hybridized carbons (Fsp3) is 0.111. The molecule has 0 saturated heterocycles. The van der Waals surface area contributed by atoms with Crippen LogP contribution in [0.5, 0.6) is 17.2 Å². The Morgan fingerprint density at radius 2 is 2.00 bits per heavy atom. The molecule has 1 N–H and O–H groups in total. The van der Waals surface area contributed by atoms with Gasteiger partial charge in [-0.3, -0.25) is 9.79 Å². The molecule has 0 radical (unpaired) electrons. The summed E-state index contributed by atoms with van der Waals surface area (Å²) < 4.78 is 15.8. The molecule has 0 bridgehead atoms. The number of hydrogen-bond donors (Lipinski definition) is 1. The van der Waals surface area contributed by atoms with Crippen molar-refractivity contribution in [3.8, 4) is 17.2 Å². The van der Waals surface area contributed by atoms with Gasteiger partial charge in [0.15, 0.2) is 17.1 Å². The first-order valence-electron chi connectivity index (χ1n) is 6.94. The van der Waals surface area contributed by atoms with Crippen LogP contribution in [-0.4, -0.2) is 31.8 Å². The molecule has 24 heavy (non-hydrogen) atoms. The molecular weight excluding hydrogens is 310 g/mol. The van der Waals surface area contributed by atoms with E-state index in [0.717, 1.165) is 0 Å². The number of phenols is 1. The Bertz CT molecular complexity index is 858. The SMILES string of the molecule is C=CC(/C=C/C(=O)c1c(O)c(OC)c2occc2c1OC)=C\N=C. The molecule has 6 nitrogen and oxygen atoms in total. The zero-order chi connectivity index (χ0) is 17.7. The minimum Gasteiger partial charge on any atom is -0.504 e. The molecule has 0 saturated carbocycles. The van der Waals surface area contributed by atoms with E-state index < -0.39 is 5.78 Å². The second kappa shape index (κ2) is 7.32. The molecule has 0 spiro atoms. The van der Waals surface area contributed by atoms with Crippen molar-refractivity contribution < 1.29 is 23.8 Å². The molecule has 1 aromatic heterocycles. The van der Waals surface area contributed by atoms with Gasteiger partial charge in [-0.2, -0.15) is 0 Å². The molecule has 0 amide bonds. The van der Waals surface area contributed by atoms with E-state index in [1.807, 2.05) is 0 Å². The van der Waals surface area contributed by atoms with E-state index in [-0.39, 0.29) is 22.8 Å². The number of methoxy groups -OCH3 is 2. The molecular formula is C18H17NO5. The van der Waals surface area contributed by atoms with Gasteiger partial charge in [0.05, 0.1) is 25.9 Å². The average molecular weight is 327 g/mol. The lowest BCUT2D eigenvalue weighted by atomic mass is 10.0. The second-order valence-corrected chi connectivity index (χ2v) is 4.67. The molecule has 1 heterocycles. The first-order chi connectivity index (χ1) is 11.6. The van der Waals surface area contributed by atoms with Crippen LogP contribution in [0.3, 0.4) is 0 Å². The van der Waals surface area contributed by atoms with Crippen LogP contribution in [0.1, 0.15) is 10.4 Å². The molecule has 2 aromatic rings. The van der Waals surface area contributed by atoms with Crippen LogP contribution in [0, 0.1) is 0 Å². The van der Waals surface area contributed by atoms with Gasteiger partial charge in [0.1, 0.15) is 11.3 Å². The van der Waals surface area contributed by atoms with Crippen LogP contribution in [-0.2, 0) is 0 Å². The Kier molecular flexibility index (Phi) is 5.21. The van der Waals surface area contributed by atoms with Crippen LogP contribution >= 0.6 is 0 Å². The number of ketones is 1. The largest absolute Gasteiger partial charge is 0.504 e. The van der Waals surface area contributed by atoms with Crippen molar-refractivity contribution in [1.82, 2.24) is 0 Å². The van der Waals surface area contributed by atoms with Gasteiger partial charge in [-0.25, -0.2) is 0 Å². The van der Waals surface area contributed by atoms with E-state index in [2.05, 4.69) is 18.3 Å². The van der Waals surface area contributed by atoms with Gasteiger partial charge in [0.25, 0.3) is 0 Å². The van der Waals surface area contributed by atoms with E-state index in [4.69, 9.17) is 13.9 Å². The predicted octanol–water partition coefficient (Wildman–Crippen LogP) is 3.67. The first kappa shape index (κ1) is 17.1. The lowest BCUT2D eigenvalue weighted by molar-refractivity contribution is 0.104. The molecule has 6 heteroatoms. The predicted molar refractivity (Wildman–Crippen MR) is 92.3 cm³/mol. The summed E-state index contributed by atoms with van der Waals surface area (Å²) in [7, 11) is 2.78. The average Bonchev–Trinajstić information content (AvgIpc) is 3.06. The molecule has 0 aliphatic heterocycles. The van der Waals surface area contributed by atoms with Crippen molar-refractivity contribution in [3.63, 3.8) is 0 Å². The van der Waals surface area contributed by atoms with Gasteiger partial charge in [0.2, 0.25) is 5.75 Å². The van der Waals surface area contributed by atoms with E-state index in [1.165, 1.54) is 44.9 Å². The summed E-state index contributed by atoms with van der Waals surface area (Å²) in [5, 5.41) is 11.0. The number of phenolic OH excluding ortho intramolecular Hbond substituents is 1. The van der Waals surface area contributed by atoms with Gasteiger partial charge in [-0.15, -0.1) is 0 Å². The minimum atomic E-state index is -0.470. The summed E-state index contributed by atoms with van der Waals surface area (Å²) in [6.07, 6.45) is 7.19. The number of aromatic hydroxyl groups is 1. The molecule has 124 valence electrons. The zero-order valence-electron chi connectivity index (χ0n) is 13.4. The maximum atomic E-state index is 12.6. The highest BCUT2D eigenvalue weighted by Gasteiger charge is 2.26. The highest BCUT2D eigenvalue weighted by Crippen LogP contribution is 2.45. The zero-order valence-corrected chi connectivity index (χ0v) is 13.4. The summed E-state index contributed by atoms with van der Waals surface area (Å²) in [6, 6.07) is 1.63. The van der Waals surface area contributed by atoms with Crippen molar-refractivity contribution in [2.75, 3.05) is 14.2 Å². The van der Waals surface area contributed by atoms with Gasteiger partial charge in [-0.05, 0) is 30.5 Å². The highest BCUT2D eigenvalue weighted by molar-refractivity contribution is 6.13. The summed E-state index contributed by atoms with van der Waals surface area (Å²) in [4.78, 5) is 16.2. The lowest BCUT2D eigenvalue weighted by Crippen LogP contribution is -2.02. The normalized spacial score (nSPS) is 11.7. The van der Waals surface area contributed by atoms with Crippen LogP contribution in [0.15, 0.2) is 58.3 Å². The number of ether oxygens (including phenoxy) is 2. The van der Waals surface area contributed by atoms with E-state index in [1.54, 1.807) is 6.07 Å². The maximum Gasteiger partial charge on any atom is 0.205 e. The number of hydrogen-bond acceptors (Lipinski definition) is 6. The van der Waals surface area contributed by atoms with Crippen molar-refractivity contribution in [3.05, 3.63) is 54.5 Å². The van der Waals surface area contributed by atoms with Crippen LogP contribution < -0.4 is 9.47 Å². The third-order valence-corrected chi connectivity index (χ3v) is 3.35. The van der Waals surface area contributed by atoms with Crippen molar-refractivity contribution >= 4 is 23.5 Å². The molecule has 0 unspecified atom stereocenters. The maximum absolute atomic E-state index is 12.6. The molecule has 0 fully saturated rings. The van der Waals surface area contributed by atoms with Crippen LogP contribution in [0.25, 0.3) is 11.0 Å². The monoisotopic (exact) mass is 327 g/mol. The van der Waals surface area contributed by atoms with Gasteiger partial charge in [-0.1, -0.05) is 12.7 Å². The number of nitrogens with zero attached hydrogens (tertiary/aromatic N) is 1. The minimum absolute atomic E-state index is 0.0190. The fourth-order valence-corrected chi connectivity index (χ4v) is 2.28. The molecule has 0 atom stereocenters. The summed E-state index contributed by atoms with van der Waals surface area (Å²) >= 11 is 0. The Labute approximate surface area is 139 Å². The fourth-order valence-electron chi connectivity index (χ4n) is 2.28. The standard InChI is InChI=1S/C18H17NO5/c1-5-11(10-19-2)6-7-13(20)14-15(21)18(23-4)17-12(8-9-24-17)16(14)22-3/h5-10,21H,1-2H2,3-4H3/b7-6+,11-10+. The number of benzene rings is 1. The topological polar surface area (TPSA) is 81.3 Å². The van der Waals surface area contributed by atoms with E-state index in [9.17, 15) is 9.90 Å². The Hall–Kier alpha value is -3.28. The Morgan fingerprint density at radius 3 is 2.58 bits per heavy atom. The quantitative estimate of drug-likeness (QED) is 0.363. The van der Waals surface area contributed by atoms with Crippen molar-refractivity contribution in [2.24, 2.45) is 4.99 Å². The van der Waals surface area contributed by atoms with Gasteiger partial charge in [0, 0.05) is 6.20 Å². The molecule has 0 aliphatic carbocycles. The molecule has 2 rings (SSSR count). The number of aliphatic imine (C=N–C) groups is 1. The van der Waals surface area contributed by atoms with E-state index in [0.29, 0.717) is 16.5 Å². The second-order valence-electron chi connectivity index (χ2n) is 4.67. The van der Waals surface area contributed by atoms with Gasteiger partial charge < -0.3 is 19.0 Å². The summed E-state index contributed by atoms with van der Waals surface area (Å²) in [5.41, 5.74) is 0.873. The molecule has 1 aromatic carbocycles. The number of rotatable bonds is 7. The number of carbonyl (C=O) groups excluding carboxylic acids is 1. The highest BCUT2D eigenvalue weighted by atomic mass is 16.5. The smallest absolute Gasteiger partial charge is 0.205 e. The number of fused-ring (bicyclic) bond motifs is 1. The third kappa shape index (κ3) is 2.94. The molecule has 0 aliphatic rings. The van der Waals surface area contributed by atoms with Gasteiger partial charge >= 0.3 is 0 Å². The van der Waals surface area contributed by atoms with Crippen molar-refractivity contribution in [1.29, 1.82) is 0 Å². The van der Waals surface area contributed by atoms with Crippen LogP contribution in [0.4, 0.5) is 0 Å². The van der Waals surface area contributed by atoms with Crippen LogP contribution in [0.2, 0.25) is 0 Å². The third-order valence-electron chi connectivity index (χ3n) is 3.35. The Morgan fingerprint density at radius 1 is 1.29 bits per heavy atom. The van der Waals surface area contributed by atoms with E-state index >= 15 is 0 Å². The number of carbonyl (C=O) groups is 1. The lowest BCUT2D eigenvalue weighted by Gasteiger charge is -2.13. The van der Waals surface area contributed by atoms with Crippen molar-refractivity contribution in [2.45, 2.75) is 0 Å². The summed E-state index contributed by atoms with van der Waals surface area (Å²) in [6.45, 7) is 6.96. The first-order valence-corrected chi connectivity index (χ1v) is 6.94.